The van der Waals surface area contributed by atoms with E-state index in [0.717, 1.165) is 35.0 Å². The number of hydrogen-bond acceptors (Lipinski definition) is 3. The lowest BCUT2D eigenvalue weighted by molar-refractivity contribution is -0.117. The topological polar surface area (TPSA) is 58.6 Å². The van der Waals surface area contributed by atoms with Gasteiger partial charge in [0.1, 0.15) is 17.4 Å². The summed E-state index contributed by atoms with van der Waals surface area (Å²) < 4.78 is 32.0. The smallest absolute Gasteiger partial charge is 0.244 e. The van der Waals surface area contributed by atoms with Crippen LogP contribution in [0, 0.1) is 11.6 Å². The molecule has 0 radical (unpaired) electrons. The van der Waals surface area contributed by atoms with Gasteiger partial charge in [0, 0.05) is 11.6 Å². The summed E-state index contributed by atoms with van der Waals surface area (Å²) in [5.41, 5.74) is 0.676. The summed E-state index contributed by atoms with van der Waals surface area (Å²) >= 11 is 0. The molecule has 0 aliphatic carbocycles. The van der Waals surface area contributed by atoms with Gasteiger partial charge in [-0.05, 0) is 58.8 Å². The predicted molar refractivity (Wildman–Crippen MR) is 104 cm³/mol. The largest absolute Gasteiger partial charge is 0.497 e. The zero-order chi connectivity index (χ0) is 20.1. The van der Waals surface area contributed by atoms with E-state index >= 15 is 0 Å². The van der Waals surface area contributed by atoms with Gasteiger partial charge in [-0.3, -0.25) is 4.79 Å². The van der Waals surface area contributed by atoms with Crippen molar-refractivity contribution in [2.24, 2.45) is 0 Å². The van der Waals surface area contributed by atoms with Crippen molar-refractivity contribution in [3.63, 3.8) is 0 Å². The summed E-state index contributed by atoms with van der Waals surface area (Å²) in [6, 6.07) is 13.5. The lowest BCUT2D eigenvalue weighted by atomic mass is 10.0. The van der Waals surface area contributed by atoms with Crippen molar-refractivity contribution in [2.75, 3.05) is 13.7 Å². The number of aliphatic hydroxyl groups is 1. The molecule has 0 aromatic heterocycles. The first-order chi connectivity index (χ1) is 13.5. The molecule has 0 fully saturated rings. The molecule has 4 nitrogen and oxygen atoms in total. The monoisotopic (exact) mass is 383 g/mol. The van der Waals surface area contributed by atoms with E-state index in [2.05, 4.69) is 5.32 Å². The van der Waals surface area contributed by atoms with E-state index in [1.54, 1.807) is 7.11 Å². The first kappa shape index (κ1) is 19.5. The van der Waals surface area contributed by atoms with Crippen LogP contribution >= 0.6 is 0 Å². The molecule has 0 aliphatic rings. The van der Waals surface area contributed by atoms with Crippen molar-refractivity contribution in [1.82, 2.24) is 5.32 Å². The van der Waals surface area contributed by atoms with E-state index < -0.39 is 23.6 Å². The van der Waals surface area contributed by atoms with Crippen molar-refractivity contribution in [2.45, 2.75) is 6.04 Å². The average Bonchev–Trinajstić information content (AvgIpc) is 2.71. The Balaban J connectivity index is 1.77. The average molecular weight is 383 g/mol. The van der Waals surface area contributed by atoms with Crippen molar-refractivity contribution in [1.29, 1.82) is 0 Å². The highest BCUT2D eigenvalue weighted by molar-refractivity contribution is 5.92. The number of methoxy groups -OCH3 is 1. The van der Waals surface area contributed by atoms with Gasteiger partial charge < -0.3 is 15.2 Å². The number of hydrogen-bond donors (Lipinski definition) is 2. The van der Waals surface area contributed by atoms with Gasteiger partial charge in [0.2, 0.25) is 5.91 Å². The summed E-state index contributed by atoms with van der Waals surface area (Å²) in [5, 5.41) is 14.3. The van der Waals surface area contributed by atoms with Gasteiger partial charge in [-0.1, -0.05) is 18.2 Å². The van der Waals surface area contributed by atoms with E-state index in [1.807, 2.05) is 36.4 Å². The Morgan fingerprint density at radius 1 is 1.11 bits per heavy atom. The molecule has 3 aromatic carbocycles. The molecule has 0 heterocycles. The molecule has 144 valence electrons. The van der Waals surface area contributed by atoms with Crippen LogP contribution in [0.2, 0.25) is 0 Å². The molecule has 0 saturated heterocycles. The number of fused-ring (bicyclic) bond motifs is 1. The number of amides is 1. The van der Waals surface area contributed by atoms with Crippen LogP contribution in [0.5, 0.6) is 5.75 Å². The molecule has 1 unspecified atom stereocenters. The van der Waals surface area contributed by atoms with Gasteiger partial charge >= 0.3 is 0 Å². The summed E-state index contributed by atoms with van der Waals surface area (Å²) in [6.45, 7) is -0.316. The molecule has 0 bridgehead atoms. The minimum absolute atomic E-state index is 0.0338. The van der Waals surface area contributed by atoms with Gasteiger partial charge in [0.15, 0.2) is 0 Å². The van der Waals surface area contributed by atoms with Crippen molar-refractivity contribution < 1.29 is 23.4 Å². The summed E-state index contributed by atoms with van der Waals surface area (Å²) in [4.78, 5) is 12.2. The van der Waals surface area contributed by atoms with E-state index in [-0.39, 0.29) is 12.2 Å². The normalized spacial score (nSPS) is 12.3. The highest BCUT2D eigenvalue weighted by Crippen LogP contribution is 2.24. The SMILES string of the molecule is COc1ccc2ccc(C(CO)NC(=O)C=Cc3cc(F)ccc3F)cc2c1. The Bertz CT molecular complexity index is 1030. The van der Waals surface area contributed by atoms with Crippen molar-refractivity contribution in [3.8, 4) is 5.75 Å². The van der Waals surface area contributed by atoms with E-state index in [4.69, 9.17) is 4.74 Å². The Hall–Kier alpha value is -3.25. The van der Waals surface area contributed by atoms with Crippen LogP contribution in [0.3, 0.4) is 0 Å². The molecule has 1 amide bonds. The van der Waals surface area contributed by atoms with Gasteiger partial charge in [-0.15, -0.1) is 0 Å². The maximum Gasteiger partial charge on any atom is 0.244 e. The minimum atomic E-state index is -0.648. The van der Waals surface area contributed by atoms with E-state index in [1.165, 1.54) is 6.08 Å². The molecule has 2 N–H and O–H groups in total. The number of nitrogens with one attached hydrogen (secondary N) is 1. The molecule has 0 saturated carbocycles. The molecule has 1 atom stereocenters. The van der Waals surface area contributed by atoms with E-state index in [9.17, 15) is 18.7 Å². The van der Waals surface area contributed by atoms with Gasteiger partial charge in [-0.2, -0.15) is 0 Å². The molecule has 0 spiro atoms. The van der Waals surface area contributed by atoms with Crippen molar-refractivity contribution in [3.05, 3.63) is 83.4 Å². The number of carbonyl (C=O) groups excluding carboxylic acids is 1. The first-order valence-corrected chi connectivity index (χ1v) is 8.62. The fourth-order valence-electron chi connectivity index (χ4n) is 2.85. The van der Waals surface area contributed by atoms with Gasteiger partial charge in [0.05, 0.1) is 19.8 Å². The second-order valence-corrected chi connectivity index (χ2v) is 6.22. The summed E-state index contributed by atoms with van der Waals surface area (Å²) in [7, 11) is 1.58. The second-order valence-electron chi connectivity index (χ2n) is 6.22. The van der Waals surface area contributed by atoms with Crippen LogP contribution < -0.4 is 10.1 Å². The molecule has 3 aromatic rings. The fourth-order valence-corrected chi connectivity index (χ4v) is 2.85. The third-order valence-corrected chi connectivity index (χ3v) is 4.35. The molecule has 28 heavy (non-hydrogen) atoms. The zero-order valence-corrected chi connectivity index (χ0v) is 15.2. The summed E-state index contributed by atoms with van der Waals surface area (Å²) in [6.07, 6.45) is 2.29. The Labute approximate surface area is 161 Å². The summed E-state index contributed by atoms with van der Waals surface area (Å²) in [5.74, 6) is -1.06. The van der Waals surface area contributed by atoms with E-state index in [0.29, 0.717) is 11.3 Å². The number of rotatable bonds is 6. The Kier molecular flexibility index (Phi) is 6.01. The molecule has 6 heteroatoms. The number of benzene rings is 3. The van der Waals surface area contributed by atoms with Crippen LogP contribution in [0.1, 0.15) is 17.2 Å². The maximum atomic E-state index is 13.6. The number of aliphatic hydroxyl groups excluding tert-OH is 1. The molecular weight excluding hydrogens is 364 g/mol. The standard InChI is InChI=1S/C22H19F2NO3/c1-28-19-7-4-14-2-3-16(10-17(14)12-19)21(13-26)25-22(27)9-5-15-11-18(23)6-8-20(15)24/h2-12,21,26H,13H2,1H3,(H,25,27). The van der Waals surface area contributed by atoms with Crippen molar-refractivity contribution >= 4 is 22.8 Å². The first-order valence-electron chi connectivity index (χ1n) is 8.62. The second kappa shape index (κ2) is 8.63. The molecule has 3 rings (SSSR count). The fraction of sp³-hybridized carbons (Fsp3) is 0.136. The lowest BCUT2D eigenvalue weighted by Gasteiger charge is -2.16. The Morgan fingerprint density at radius 2 is 1.89 bits per heavy atom. The third-order valence-electron chi connectivity index (χ3n) is 4.35. The van der Waals surface area contributed by atoms with Crippen LogP contribution in [0.15, 0.2) is 60.7 Å². The highest BCUT2D eigenvalue weighted by atomic mass is 19.1. The van der Waals surface area contributed by atoms with Crippen LogP contribution in [-0.2, 0) is 4.79 Å². The van der Waals surface area contributed by atoms with Crippen LogP contribution in [0.4, 0.5) is 8.78 Å². The van der Waals surface area contributed by atoms with Crippen LogP contribution in [-0.4, -0.2) is 24.7 Å². The minimum Gasteiger partial charge on any atom is -0.497 e. The Morgan fingerprint density at radius 3 is 2.64 bits per heavy atom. The quantitative estimate of drug-likeness (QED) is 0.633. The number of carbonyl (C=O) groups is 1. The predicted octanol–water partition coefficient (Wildman–Crippen LogP) is 3.99. The molecular formula is C22H19F2NO3. The third kappa shape index (κ3) is 4.53. The molecule has 0 aliphatic heterocycles. The van der Waals surface area contributed by atoms with Gasteiger partial charge in [0.25, 0.3) is 0 Å². The maximum absolute atomic E-state index is 13.6. The number of halogens is 2. The highest BCUT2D eigenvalue weighted by Gasteiger charge is 2.13. The van der Waals surface area contributed by atoms with Gasteiger partial charge in [-0.25, -0.2) is 8.78 Å². The lowest BCUT2D eigenvalue weighted by Crippen LogP contribution is -2.29. The number of ether oxygens (including phenoxy) is 1. The van der Waals surface area contributed by atoms with Crippen LogP contribution in [0.25, 0.3) is 16.8 Å². The zero-order valence-electron chi connectivity index (χ0n) is 15.2.